The topological polar surface area (TPSA) is 16.2 Å². The lowest BCUT2D eigenvalue weighted by molar-refractivity contribution is 0.124. The summed E-state index contributed by atoms with van der Waals surface area (Å²) in [5, 5.41) is 0. The minimum absolute atomic E-state index is 0.382. The Morgan fingerprint density at radius 3 is 0.613 bits per heavy atom. The molecule has 4 aliphatic rings. The molecule has 0 spiro atoms. The van der Waals surface area contributed by atoms with Crippen LogP contribution in [0.15, 0.2) is 315 Å². The first-order valence-electron chi connectivity index (χ1n) is 41.8. The summed E-state index contributed by atoms with van der Waals surface area (Å²) in [4.78, 5) is 11.2. The minimum atomic E-state index is -0.440. The van der Waals surface area contributed by atoms with Gasteiger partial charge in [-0.05, 0) is 174 Å². The first-order chi connectivity index (χ1) is 54.5. The second-order valence-electron chi connectivity index (χ2n) is 26.7. The molecule has 2 unspecified atom stereocenters. The number of rotatable bonds is 14. The fourth-order valence-electron chi connectivity index (χ4n) is 16.7. The van der Waals surface area contributed by atoms with Gasteiger partial charge < -0.3 is 0 Å². The predicted octanol–water partition coefficient (Wildman–Crippen LogP) is 26.5. The molecule has 5 nitrogen and oxygen atoms in total. The van der Waals surface area contributed by atoms with Crippen molar-refractivity contribution in [2.75, 3.05) is 82.4 Å². The summed E-state index contributed by atoms with van der Waals surface area (Å²) in [7, 11) is 14.6. The Hall–Kier alpha value is -9.56. The largest absolute Gasteiger partial charge is 0.297 e. The molecule has 111 heavy (non-hydrogen) atoms. The van der Waals surface area contributed by atoms with Crippen molar-refractivity contribution in [3.05, 3.63) is 404 Å². The number of nitrogens with zero attached hydrogens (tertiary/aromatic N) is 5. The number of fused-ring (bicyclic) bond motifs is 10. The Bertz CT molecular complexity index is 4160. The van der Waals surface area contributed by atoms with Crippen LogP contribution in [-0.2, 0) is 21.7 Å². The molecule has 0 amide bonds. The molecular formula is C106H137N5. The van der Waals surface area contributed by atoms with Gasteiger partial charge in [-0.3, -0.25) is 24.5 Å². The molecule has 0 radical (unpaired) electrons. The van der Waals surface area contributed by atoms with E-state index in [9.17, 15) is 0 Å². The Morgan fingerprint density at radius 1 is 0.189 bits per heavy atom. The standard InChI is InChI=1S/2C38H26.C8H21N3.C6H16N2.8C2H6/c2*1-4-15-27(16-5-1)37(28-17-6-2-7-18-28)33-24-12-13-25-34(33)38(29-19-8-3-9-20-29)32-23-11-10-21-30(32)31-22-14-26-35(37)36(31)38;1-6-11(7-9(2)3)8-10(4)5;1-5-8(4)6-7(2)3;8*1-2/h2*1-26H;6-8H2,1-5H3;5-6H2,1-4H3;8*1-2H3. The van der Waals surface area contributed by atoms with Gasteiger partial charge in [-0.1, -0.05) is 440 Å². The quantitative estimate of drug-likeness (QED) is 0.101. The van der Waals surface area contributed by atoms with Crippen LogP contribution in [0.25, 0.3) is 22.3 Å². The molecule has 0 aliphatic heterocycles. The number of hydrogen-bond donors (Lipinski definition) is 0. The van der Waals surface area contributed by atoms with E-state index in [0.29, 0.717) is 0 Å². The molecular weight excluding hydrogens is 1340 g/mol. The van der Waals surface area contributed by atoms with Gasteiger partial charge in [0.1, 0.15) is 0 Å². The second-order valence-corrected chi connectivity index (χ2v) is 26.7. The van der Waals surface area contributed by atoms with E-state index < -0.39 is 10.8 Å². The number of hydrogen-bond acceptors (Lipinski definition) is 5. The van der Waals surface area contributed by atoms with E-state index in [4.69, 9.17) is 0 Å². The van der Waals surface area contributed by atoms with Gasteiger partial charge in [-0.15, -0.1) is 0 Å². The van der Waals surface area contributed by atoms with E-state index in [0.717, 1.165) is 33.1 Å². The van der Waals surface area contributed by atoms with E-state index in [-0.39, 0.29) is 10.8 Å². The molecule has 0 saturated carbocycles. The van der Waals surface area contributed by atoms with Crippen LogP contribution in [0.4, 0.5) is 0 Å². The highest BCUT2D eigenvalue weighted by molar-refractivity contribution is 5.93. The summed E-state index contributed by atoms with van der Waals surface area (Å²) < 4.78 is 0. The van der Waals surface area contributed by atoms with Crippen LogP contribution >= 0.6 is 0 Å². The third kappa shape index (κ3) is 18.3. The lowest BCUT2D eigenvalue weighted by Crippen LogP contribution is -2.44. The van der Waals surface area contributed by atoms with E-state index in [1.165, 1.54) is 111 Å². The van der Waals surface area contributed by atoms with Crippen LogP contribution in [-0.4, -0.2) is 107 Å². The monoisotopic (exact) mass is 1480 g/mol. The van der Waals surface area contributed by atoms with Gasteiger partial charge >= 0.3 is 0 Å². The summed E-state index contributed by atoms with van der Waals surface area (Å²) in [6.07, 6.45) is 0. The Morgan fingerprint density at radius 2 is 0.387 bits per heavy atom. The summed E-state index contributed by atoms with van der Waals surface area (Å²) in [6.45, 7) is 41.7. The molecule has 4 aliphatic carbocycles. The van der Waals surface area contributed by atoms with E-state index in [1.807, 2.05) is 111 Å². The predicted molar refractivity (Wildman–Crippen MR) is 488 cm³/mol. The minimum Gasteiger partial charge on any atom is -0.297 e. The molecule has 0 N–H and O–H groups in total. The van der Waals surface area contributed by atoms with Crippen molar-refractivity contribution in [3.8, 4) is 22.3 Å². The molecule has 586 valence electrons. The van der Waals surface area contributed by atoms with Crippen LogP contribution in [0.5, 0.6) is 0 Å². The Kier molecular flexibility index (Phi) is 38.4. The van der Waals surface area contributed by atoms with Crippen molar-refractivity contribution in [2.45, 2.75) is 146 Å². The molecule has 0 fully saturated rings. The van der Waals surface area contributed by atoms with Gasteiger partial charge in [0.2, 0.25) is 0 Å². The van der Waals surface area contributed by atoms with Crippen molar-refractivity contribution in [1.29, 1.82) is 0 Å². The van der Waals surface area contributed by atoms with Gasteiger partial charge in [-0.2, -0.15) is 0 Å². The van der Waals surface area contributed by atoms with Gasteiger partial charge in [0, 0.05) is 6.67 Å². The highest BCUT2D eigenvalue weighted by Gasteiger charge is 2.59. The third-order valence-electron chi connectivity index (χ3n) is 20.1. The van der Waals surface area contributed by atoms with Gasteiger partial charge in [0.05, 0.1) is 35.0 Å². The molecule has 5 heteroatoms. The third-order valence-corrected chi connectivity index (χ3v) is 20.1. The maximum Gasteiger partial charge on any atom is 0.0720 e. The van der Waals surface area contributed by atoms with Crippen LogP contribution < -0.4 is 0 Å². The van der Waals surface area contributed by atoms with Crippen molar-refractivity contribution in [2.24, 2.45) is 0 Å². The fourth-order valence-corrected chi connectivity index (χ4v) is 16.7. The Labute approximate surface area is 675 Å². The molecule has 12 aromatic carbocycles. The van der Waals surface area contributed by atoms with Crippen LogP contribution in [0, 0.1) is 0 Å². The SMILES string of the molecule is CC.CC.CC.CC.CC.CC.CC.CC.CCN(C)CN(C)C.CCN(CN(C)C)CN(C)C.c1ccc(C2(c3ccccc3)c3ccccc3C3(c4ccccc4)c4ccccc4-c4cccc2c43)cc1.c1ccc(C2(c3ccccc3)c3ccccc3C3(c4ccccc4)c4ccccc4-c4cccc2c43)cc1. The zero-order chi connectivity index (χ0) is 81.7. The molecule has 2 atom stereocenters. The average Bonchev–Trinajstić information content (AvgIpc) is 1.65. The zero-order valence-electron chi connectivity index (χ0n) is 72.8. The van der Waals surface area contributed by atoms with Gasteiger partial charge in [0.25, 0.3) is 0 Å². The Balaban J connectivity index is 0.000000283. The molecule has 0 aromatic heterocycles. The summed E-state index contributed by atoms with van der Waals surface area (Å²) in [6, 6.07) is 117. The van der Waals surface area contributed by atoms with Crippen LogP contribution in [0.1, 0.15) is 214 Å². The highest BCUT2D eigenvalue weighted by Crippen LogP contribution is 2.68. The van der Waals surface area contributed by atoms with Gasteiger partial charge in [-0.25, -0.2) is 0 Å². The van der Waals surface area contributed by atoms with Crippen molar-refractivity contribution >= 4 is 0 Å². The fraction of sp³-hybridized carbons (Fsp3) is 0.321. The van der Waals surface area contributed by atoms with Crippen molar-refractivity contribution < 1.29 is 0 Å². The molecule has 12 aromatic rings. The molecule has 0 saturated heterocycles. The highest BCUT2D eigenvalue weighted by atomic mass is 15.4. The van der Waals surface area contributed by atoms with E-state index in [2.05, 4.69) is 403 Å². The first-order valence-corrected chi connectivity index (χ1v) is 41.8. The van der Waals surface area contributed by atoms with Crippen LogP contribution in [0.3, 0.4) is 0 Å². The van der Waals surface area contributed by atoms with Gasteiger partial charge in [0.15, 0.2) is 0 Å². The maximum absolute atomic E-state index is 2.39. The molecule has 0 heterocycles. The first kappa shape index (κ1) is 92.0. The maximum atomic E-state index is 2.39. The van der Waals surface area contributed by atoms with E-state index in [1.54, 1.807) is 0 Å². The van der Waals surface area contributed by atoms with E-state index >= 15 is 0 Å². The van der Waals surface area contributed by atoms with Crippen molar-refractivity contribution in [3.63, 3.8) is 0 Å². The normalized spacial score (nSPS) is 14.6. The van der Waals surface area contributed by atoms with Crippen LogP contribution in [0.2, 0.25) is 0 Å². The molecule has 16 rings (SSSR count). The lowest BCUT2D eigenvalue weighted by atomic mass is 9.52. The summed E-state index contributed by atoms with van der Waals surface area (Å²) in [5.41, 5.74) is 25.3. The lowest BCUT2D eigenvalue weighted by Gasteiger charge is -2.49. The van der Waals surface area contributed by atoms with Crippen molar-refractivity contribution in [1.82, 2.24) is 24.5 Å². The number of benzene rings is 12. The molecule has 0 bridgehead atoms. The smallest absolute Gasteiger partial charge is 0.0720 e. The summed E-state index contributed by atoms with van der Waals surface area (Å²) in [5.74, 6) is 0. The second kappa shape index (κ2) is 46.3. The summed E-state index contributed by atoms with van der Waals surface area (Å²) >= 11 is 0. The zero-order valence-corrected chi connectivity index (χ0v) is 72.8. The average molecular weight is 1480 g/mol.